The van der Waals surface area contributed by atoms with Gasteiger partial charge >= 0.3 is 5.97 Å². The highest BCUT2D eigenvalue weighted by Crippen LogP contribution is 2.35. The van der Waals surface area contributed by atoms with Gasteiger partial charge in [0.25, 0.3) is 0 Å². The SMILES string of the molecule is CC(C)Sc1ccc([C@@H](CC2CCCC2)C(=O)O)cc1. The van der Waals surface area contributed by atoms with E-state index in [-0.39, 0.29) is 5.92 Å². The van der Waals surface area contributed by atoms with Crippen LogP contribution in [0.5, 0.6) is 0 Å². The molecule has 1 atom stereocenters. The standard InChI is InChI=1S/C17H24O2S/c1-12(2)20-15-9-7-14(8-10-15)16(17(18)19)11-13-5-3-4-6-13/h7-10,12-13,16H,3-6,11H2,1-2H3,(H,18,19)/t16-/m1/s1. The largest absolute Gasteiger partial charge is 0.481 e. The molecule has 0 aromatic heterocycles. The van der Waals surface area contributed by atoms with E-state index in [0.717, 1.165) is 12.0 Å². The topological polar surface area (TPSA) is 37.3 Å². The molecule has 1 aromatic rings. The molecule has 3 heteroatoms. The van der Waals surface area contributed by atoms with Gasteiger partial charge in [-0.05, 0) is 30.0 Å². The van der Waals surface area contributed by atoms with Gasteiger partial charge < -0.3 is 5.11 Å². The molecule has 1 saturated carbocycles. The minimum atomic E-state index is -0.679. The zero-order valence-corrected chi connectivity index (χ0v) is 13.2. The van der Waals surface area contributed by atoms with Crippen molar-refractivity contribution in [1.29, 1.82) is 0 Å². The van der Waals surface area contributed by atoms with E-state index in [0.29, 0.717) is 11.2 Å². The van der Waals surface area contributed by atoms with Gasteiger partial charge in [-0.2, -0.15) is 0 Å². The van der Waals surface area contributed by atoms with Crippen LogP contribution in [0, 0.1) is 5.92 Å². The van der Waals surface area contributed by atoms with Crippen molar-refractivity contribution in [2.45, 2.75) is 62.0 Å². The molecular weight excluding hydrogens is 268 g/mol. The number of hydrogen-bond donors (Lipinski definition) is 1. The van der Waals surface area contributed by atoms with E-state index in [4.69, 9.17) is 0 Å². The molecule has 2 rings (SSSR count). The molecule has 110 valence electrons. The van der Waals surface area contributed by atoms with Crippen LogP contribution in [0.4, 0.5) is 0 Å². The molecule has 2 nitrogen and oxygen atoms in total. The molecule has 0 unspecified atom stereocenters. The van der Waals surface area contributed by atoms with Crippen molar-refractivity contribution in [3.05, 3.63) is 29.8 Å². The number of carboxylic acids is 1. The fourth-order valence-electron chi connectivity index (χ4n) is 3.01. The Morgan fingerprint density at radius 3 is 2.35 bits per heavy atom. The highest BCUT2D eigenvalue weighted by atomic mass is 32.2. The van der Waals surface area contributed by atoms with Crippen molar-refractivity contribution in [2.75, 3.05) is 0 Å². The molecule has 1 N–H and O–H groups in total. The molecule has 0 spiro atoms. The van der Waals surface area contributed by atoms with E-state index in [1.807, 2.05) is 23.9 Å². The van der Waals surface area contributed by atoms with Crippen LogP contribution in [-0.4, -0.2) is 16.3 Å². The molecule has 0 radical (unpaired) electrons. The lowest BCUT2D eigenvalue weighted by atomic mass is 9.88. The summed E-state index contributed by atoms with van der Waals surface area (Å²) in [6, 6.07) is 8.12. The van der Waals surface area contributed by atoms with E-state index in [1.165, 1.54) is 30.6 Å². The van der Waals surface area contributed by atoms with Crippen molar-refractivity contribution in [2.24, 2.45) is 5.92 Å². The minimum Gasteiger partial charge on any atom is -0.481 e. The first kappa shape index (κ1) is 15.4. The number of carboxylic acid groups (broad SMARTS) is 1. The van der Waals surface area contributed by atoms with Crippen LogP contribution in [0.3, 0.4) is 0 Å². The van der Waals surface area contributed by atoms with Crippen molar-refractivity contribution in [3.8, 4) is 0 Å². The third-order valence-electron chi connectivity index (χ3n) is 4.00. The summed E-state index contributed by atoms with van der Waals surface area (Å²) in [7, 11) is 0. The summed E-state index contributed by atoms with van der Waals surface area (Å²) in [6.45, 7) is 4.33. The summed E-state index contributed by atoms with van der Waals surface area (Å²) in [5.41, 5.74) is 0.956. The van der Waals surface area contributed by atoms with Gasteiger partial charge in [-0.3, -0.25) is 4.79 Å². The van der Waals surface area contributed by atoms with Crippen molar-refractivity contribution in [3.63, 3.8) is 0 Å². The van der Waals surface area contributed by atoms with Crippen LogP contribution in [0.15, 0.2) is 29.2 Å². The van der Waals surface area contributed by atoms with Gasteiger partial charge in [0.15, 0.2) is 0 Å². The van der Waals surface area contributed by atoms with E-state index in [9.17, 15) is 9.90 Å². The lowest BCUT2D eigenvalue weighted by Gasteiger charge is -2.17. The predicted molar refractivity (Wildman–Crippen MR) is 84.4 cm³/mol. The molecule has 20 heavy (non-hydrogen) atoms. The number of rotatable bonds is 6. The molecule has 0 bridgehead atoms. The molecule has 1 aliphatic carbocycles. The molecule has 1 aromatic carbocycles. The third kappa shape index (κ3) is 4.27. The lowest BCUT2D eigenvalue weighted by Crippen LogP contribution is -2.15. The maximum Gasteiger partial charge on any atom is 0.310 e. The molecule has 0 heterocycles. The number of thioether (sulfide) groups is 1. The second-order valence-electron chi connectivity index (χ2n) is 6.01. The predicted octanol–water partition coefficient (Wildman–Crippen LogP) is 4.94. The fourth-order valence-corrected chi connectivity index (χ4v) is 3.85. The molecule has 0 amide bonds. The van der Waals surface area contributed by atoms with E-state index in [2.05, 4.69) is 26.0 Å². The lowest BCUT2D eigenvalue weighted by molar-refractivity contribution is -0.139. The number of aliphatic carboxylic acids is 1. The van der Waals surface area contributed by atoms with Crippen LogP contribution in [0.2, 0.25) is 0 Å². The molecule has 1 aliphatic rings. The first-order valence-corrected chi connectivity index (χ1v) is 8.43. The average Bonchev–Trinajstić information content (AvgIpc) is 2.89. The molecule has 1 fully saturated rings. The van der Waals surface area contributed by atoms with Crippen LogP contribution < -0.4 is 0 Å². The Balaban J connectivity index is 2.06. The van der Waals surface area contributed by atoms with Crippen LogP contribution in [0.25, 0.3) is 0 Å². The van der Waals surface area contributed by atoms with Crippen molar-refractivity contribution in [1.82, 2.24) is 0 Å². The monoisotopic (exact) mass is 292 g/mol. The average molecular weight is 292 g/mol. The number of benzene rings is 1. The Bertz CT molecular complexity index is 433. The summed E-state index contributed by atoms with van der Waals surface area (Å²) < 4.78 is 0. The van der Waals surface area contributed by atoms with Crippen LogP contribution >= 0.6 is 11.8 Å². The highest BCUT2D eigenvalue weighted by Gasteiger charge is 2.26. The van der Waals surface area contributed by atoms with Crippen LogP contribution in [-0.2, 0) is 4.79 Å². The smallest absolute Gasteiger partial charge is 0.310 e. The summed E-state index contributed by atoms with van der Waals surface area (Å²) in [5.74, 6) is -0.418. The van der Waals surface area contributed by atoms with Crippen molar-refractivity contribution >= 4 is 17.7 Å². The van der Waals surface area contributed by atoms with Gasteiger partial charge in [0.05, 0.1) is 5.92 Å². The first-order chi connectivity index (χ1) is 9.56. The van der Waals surface area contributed by atoms with Gasteiger partial charge in [0, 0.05) is 10.1 Å². The van der Waals surface area contributed by atoms with E-state index in [1.54, 1.807) is 0 Å². The van der Waals surface area contributed by atoms with Crippen LogP contribution in [0.1, 0.15) is 57.4 Å². The second kappa shape index (κ2) is 7.16. The summed E-state index contributed by atoms with van der Waals surface area (Å²) in [4.78, 5) is 12.8. The highest BCUT2D eigenvalue weighted by molar-refractivity contribution is 7.99. The summed E-state index contributed by atoms with van der Waals surface area (Å²) in [5, 5.41) is 10.0. The van der Waals surface area contributed by atoms with Gasteiger partial charge in [0.2, 0.25) is 0 Å². The van der Waals surface area contributed by atoms with Crippen molar-refractivity contribution < 1.29 is 9.90 Å². The van der Waals surface area contributed by atoms with Gasteiger partial charge in [-0.1, -0.05) is 51.7 Å². The fraction of sp³-hybridized carbons (Fsp3) is 0.588. The normalized spacial score (nSPS) is 17.6. The second-order valence-corrected chi connectivity index (χ2v) is 7.66. The Labute approximate surface area is 126 Å². The molecule has 0 saturated heterocycles. The van der Waals surface area contributed by atoms with E-state index >= 15 is 0 Å². The van der Waals surface area contributed by atoms with Gasteiger partial charge in [-0.15, -0.1) is 11.8 Å². The quantitative estimate of drug-likeness (QED) is 0.755. The Kier molecular flexibility index (Phi) is 5.53. The minimum absolute atomic E-state index is 0.337. The Hall–Kier alpha value is -0.960. The van der Waals surface area contributed by atoms with Gasteiger partial charge in [-0.25, -0.2) is 0 Å². The molecular formula is C17H24O2S. The number of hydrogen-bond acceptors (Lipinski definition) is 2. The zero-order valence-electron chi connectivity index (χ0n) is 12.3. The number of carbonyl (C=O) groups is 1. The Morgan fingerprint density at radius 1 is 1.25 bits per heavy atom. The van der Waals surface area contributed by atoms with E-state index < -0.39 is 5.97 Å². The Morgan fingerprint density at radius 2 is 1.85 bits per heavy atom. The summed E-state index contributed by atoms with van der Waals surface area (Å²) in [6.07, 6.45) is 5.73. The third-order valence-corrected chi connectivity index (χ3v) is 5.01. The maximum absolute atomic E-state index is 11.5. The van der Waals surface area contributed by atoms with Gasteiger partial charge in [0.1, 0.15) is 0 Å². The molecule has 0 aliphatic heterocycles. The summed E-state index contributed by atoms with van der Waals surface area (Å²) >= 11 is 1.81. The maximum atomic E-state index is 11.5. The zero-order chi connectivity index (χ0) is 14.5. The first-order valence-electron chi connectivity index (χ1n) is 7.55.